The van der Waals surface area contributed by atoms with Gasteiger partial charge in [0.05, 0.1) is 11.6 Å². The number of fused-ring (bicyclic) bond motifs is 1. The number of hydrogen-bond donors (Lipinski definition) is 0. The van der Waals surface area contributed by atoms with Gasteiger partial charge in [0.15, 0.2) is 5.43 Å². The Labute approximate surface area is 82.2 Å². The largest absolute Gasteiger partial charge is 0.464 e. The maximum Gasteiger partial charge on any atom is 0.195 e. The molecule has 1 aromatic heterocycles. The molecule has 0 unspecified atom stereocenters. The van der Waals surface area contributed by atoms with E-state index >= 15 is 0 Å². The predicted molar refractivity (Wildman–Crippen MR) is 56.6 cm³/mol. The first-order valence-electron chi connectivity index (χ1n) is 4.73. The minimum atomic E-state index is 0.0709. The average molecular weight is 188 g/mol. The molecule has 0 atom stereocenters. The molecule has 2 heteroatoms. The number of hydrogen-bond acceptors (Lipinski definition) is 2. The average Bonchev–Trinajstić information content (AvgIpc) is 2.23. The van der Waals surface area contributed by atoms with Crippen molar-refractivity contribution in [3.05, 3.63) is 45.8 Å². The van der Waals surface area contributed by atoms with Crippen molar-refractivity contribution in [1.82, 2.24) is 0 Å². The summed E-state index contributed by atoms with van der Waals surface area (Å²) < 4.78 is 5.32. The third kappa shape index (κ3) is 1.33. The lowest BCUT2D eigenvalue weighted by molar-refractivity contribution is 0.597. The van der Waals surface area contributed by atoms with Gasteiger partial charge in [-0.3, -0.25) is 4.79 Å². The van der Waals surface area contributed by atoms with Gasteiger partial charge in [-0.2, -0.15) is 0 Å². The van der Waals surface area contributed by atoms with E-state index in [1.165, 1.54) is 6.26 Å². The molecule has 1 heterocycles. The molecule has 0 bridgehead atoms. The molecule has 0 saturated heterocycles. The van der Waals surface area contributed by atoms with Crippen LogP contribution in [0.2, 0.25) is 0 Å². The molecule has 14 heavy (non-hydrogen) atoms. The van der Waals surface area contributed by atoms with E-state index in [4.69, 9.17) is 4.42 Å². The molecule has 2 nitrogen and oxygen atoms in total. The van der Waals surface area contributed by atoms with Crippen LogP contribution in [0, 0.1) is 6.92 Å². The highest BCUT2D eigenvalue weighted by Gasteiger charge is 2.03. The van der Waals surface area contributed by atoms with E-state index in [1.54, 1.807) is 6.92 Å². The second-order valence-corrected chi connectivity index (χ2v) is 3.43. The Morgan fingerprint density at radius 1 is 1.36 bits per heavy atom. The Balaban J connectivity index is 2.85. The monoisotopic (exact) mass is 188 g/mol. The van der Waals surface area contributed by atoms with Crippen LogP contribution in [0.3, 0.4) is 0 Å². The molecular weight excluding hydrogens is 176 g/mol. The Bertz CT molecular complexity index is 523. The van der Waals surface area contributed by atoms with Crippen molar-refractivity contribution in [1.29, 1.82) is 0 Å². The van der Waals surface area contributed by atoms with Crippen LogP contribution in [0.25, 0.3) is 11.0 Å². The summed E-state index contributed by atoms with van der Waals surface area (Å²) in [7, 11) is 0. The first-order valence-corrected chi connectivity index (χ1v) is 4.73. The van der Waals surface area contributed by atoms with Crippen molar-refractivity contribution in [2.75, 3.05) is 0 Å². The van der Waals surface area contributed by atoms with Crippen LogP contribution in [0.15, 0.2) is 33.7 Å². The van der Waals surface area contributed by atoms with Gasteiger partial charge in [-0.1, -0.05) is 13.0 Å². The van der Waals surface area contributed by atoms with Crippen molar-refractivity contribution in [3.63, 3.8) is 0 Å². The fourth-order valence-corrected chi connectivity index (χ4v) is 1.50. The quantitative estimate of drug-likeness (QED) is 0.688. The second kappa shape index (κ2) is 3.29. The molecule has 0 spiro atoms. The summed E-state index contributed by atoms with van der Waals surface area (Å²) >= 11 is 0. The van der Waals surface area contributed by atoms with E-state index in [0.29, 0.717) is 16.5 Å². The van der Waals surface area contributed by atoms with Crippen LogP contribution in [-0.4, -0.2) is 0 Å². The van der Waals surface area contributed by atoms with Crippen molar-refractivity contribution in [2.24, 2.45) is 0 Å². The van der Waals surface area contributed by atoms with Gasteiger partial charge in [0, 0.05) is 5.56 Å². The van der Waals surface area contributed by atoms with Crippen LogP contribution in [0.1, 0.15) is 18.1 Å². The van der Waals surface area contributed by atoms with Gasteiger partial charge in [0.1, 0.15) is 5.58 Å². The van der Waals surface area contributed by atoms with Crippen LogP contribution >= 0.6 is 0 Å². The van der Waals surface area contributed by atoms with Gasteiger partial charge in [-0.15, -0.1) is 0 Å². The lowest BCUT2D eigenvalue weighted by Crippen LogP contribution is -2.04. The van der Waals surface area contributed by atoms with Crippen LogP contribution in [0.4, 0.5) is 0 Å². The first kappa shape index (κ1) is 9.00. The van der Waals surface area contributed by atoms with Crippen molar-refractivity contribution in [2.45, 2.75) is 20.3 Å². The molecule has 0 aliphatic rings. The minimum Gasteiger partial charge on any atom is -0.464 e. The lowest BCUT2D eigenvalue weighted by atomic mass is 10.1. The van der Waals surface area contributed by atoms with Gasteiger partial charge < -0.3 is 4.42 Å². The lowest BCUT2D eigenvalue weighted by Gasteiger charge is -2.00. The Hall–Kier alpha value is -1.57. The van der Waals surface area contributed by atoms with Gasteiger partial charge >= 0.3 is 0 Å². The van der Waals surface area contributed by atoms with E-state index in [0.717, 1.165) is 12.0 Å². The number of aryl methyl sites for hydroxylation is 2. The zero-order valence-electron chi connectivity index (χ0n) is 8.33. The van der Waals surface area contributed by atoms with Crippen LogP contribution < -0.4 is 5.43 Å². The Morgan fingerprint density at radius 2 is 2.14 bits per heavy atom. The third-order valence-electron chi connectivity index (χ3n) is 2.42. The van der Waals surface area contributed by atoms with Crippen LogP contribution in [-0.2, 0) is 6.42 Å². The summed E-state index contributed by atoms with van der Waals surface area (Å²) in [6, 6.07) is 5.75. The fraction of sp³-hybridized carbons (Fsp3) is 0.250. The maximum atomic E-state index is 11.7. The highest BCUT2D eigenvalue weighted by Crippen LogP contribution is 2.13. The van der Waals surface area contributed by atoms with E-state index in [1.807, 2.05) is 18.2 Å². The first-order chi connectivity index (χ1) is 6.72. The van der Waals surface area contributed by atoms with E-state index in [2.05, 4.69) is 6.92 Å². The van der Waals surface area contributed by atoms with E-state index in [9.17, 15) is 4.79 Å². The molecule has 2 aromatic rings. The summed E-state index contributed by atoms with van der Waals surface area (Å²) in [5.74, 6) is 0. The molecule has 2 rings (SSSR count). The van der Waals surface area contributed by atoms with Crippen molar-refractivity contribution < 1.29 is 4.42 Å². The molecule has 0 N–H and O–H groups in total. The summed E-state index contributed by atoms with van der Waals surface area (Å²) in [6.45, 7) is 3.84. The number of benzene rings is 1. The maximum absolute atomic E-state index is 11.7. The molecule has 0 saturated carbocycles. The van der Waals surface area contributed by atoms with Gasteiger partial charge in [-0.05, 0) is 31.0 Å². The molecule has 0 fully saturated rings. The SMILES string of the molecule is CCc1ccc2occ(C)c(=O)c2c1. The zero-order valence-corrected chi connectivity index (χ0v) is 8.33. The van der Waals surface area contributed by atoms with Crippen molar-refractivity contribution in [3.8, 4) is 0 Å². The topological polar surface area (TPSA) is 30.2 Å². The normalized spacial score (nSPS) is 10.7. The molecule has 0 amide bonds. The smallest absolute Gasteiger partial charge is 0.195 e. The van der Waals surface area contributed by atoms with Gasteiger partial charge in [-0.25, -0.2) is 0 Å². The molecule has 0 aliphatic heterocycles. The van der Waals surface area contributed by atoms with Crippen molar-refractivity contribution >= 4 is 11.0 Å². The van der Waals surface area contributed by atoms with E-state index < -0.39 is 0 Å². The van der Waals surface area contributed by atoms with Gasteiger partial charge in [0.2, 0.25) is 0 Å². The van der Waals surface area contributed by atoms with Crippen LogP contribution in [0.5, 0.6) is 0 Å². The summed E-state index contributed by atoms with van der Waals surface area (Å²) in [6.07, 6.45) is 2.44. The standard InChI is InChI=1S/C12H12O2/c1-3-9-4-5-11-10(6-9)12(13)8(2)7-14-11/h4-7H,3H2,1-2H3. The number of rotatable bonds is 1. The summed E-state index contributed by atoms with van der Waals surface area (Å²) in [5, 5.41) is 0.685. The molecular formula is C12H12O2. The predicted octanol–water partition coefficient (Wildman–Crippen LogP) is 2.66. The summed E-state index contributed by atoms with van der Waals surface area (Å²) in [4.78, 5) is 11.7. The Morgan fingerprint density at radius 3 is 2.86 bits per heavy atom. The highest BCUT2D eigenvalue weighted by atomic mass is 16.3. The fourth-order valence-electron chi connectivity index (χ4n) is 1.50. The Kier molecular flexibility index (Phi) is 2.12. The second-order valence-electron chi connectivity index (χ2n) is 3.43. The van der Waals surface area contributed by atoms with Gasteiger partial charge in [0.25, 0.3) is 0 Å². The molecule has 72 valence electrons. The minimum absolute atomic E-state index is 0.0709. The zero-order chi connectivity index (χ0) is 10.1. The molecule has 1 aromatic carbocycles. The molecule has 0 radical (unpaired) electrons. The highest BCUT2D eigenvalue weighted by molar-refractivity contribution is 5.77. The summed E-state index contributed by atoms with van der Waals surface area (Å²) in [5.41, 5.74) is 2.56. The molecule has 0 aliphatic carbocycles. The van der Waals surface area contributed by atoms with E-state index in [-0.39, 0.29) is 5.43 Å². The third-order valence-corrected chi connectivity index (χ3v) is 2.42.